The lowest BCUT2D eigenvalue weighted by atomic mass is 9.82. The van der Waals surface area contributed by atoms with E-state index in [2.05, 4.69) is 30.4 Å². The molecule has 0 unspecified atom stereocenters. The minimum absolute atomic E-state index is 0.0653. The van der Waals surface area contributed by atoms with Crippen LogP contribution in [0.15, 0.2) is 18.2 Å². The lowest BCUT2D eigenvalue weighted by Crippen LogP contribution is -2.33. The van der Waals surface area contributed by atoms with Gasteiger partial charge in [-0.3, -0.25) is 4.79 Å². The molecule has 0 amide bonds. The van der Waals surface area contributed by atoms with Crippen LogP contribution in [0.4, 0.5) is 5.69 Å². The number of carbonyl (C=O) groups excluding carboxylic acids is 1. The van der Waals surface area contributed by atoms with Crippen LogP contribution < -0.4 is 5.32 Å². The Balaban J connectivity index is 2.05. The highest BCUT2D eigenvalue weighted by molar-refractivity contribution is 5.91. The molecule has 1 N–H and O–H groups in total. The lowest BCUT2D eigenvalue weighted by Gasteiger charge is -2.24. The fraction of sp³-hybridized carbons (Fsp3) is 0.462. The van der Waals surface area contributed by atoms with Crippen molar-refractivity contribution in [3.8, 4) is 0 Å². The van der Waals surface area contributed by atoms with Crippen molar-refractivity contribution < 1.29 is 4.79 Å². The van der Waals surface area contributed by atoms with E-state index in [1.54, 1.807) is 0 Å². The lowest BCUT2D eigenvalue weighted by molar-refractivity contribution is -0.121. The first-order valence-corrected chi connectivity index (χ1v) is 5.65. The van der Waals surface area contributed by atoms with Crippen LogP contribution in [0.2, 0.25) is 0 Å². The molecule has 1 aliphatic heterocycles. The monoisotopic (exact) mass is 201 g/mol. The number of aryl methyl sites for hydroxylation is 1. The smallest absolute Gasteiger partial charge is 0.155 e. The van der Waals surface area contributed by atoms with E-state index in [-0.39, 0.29) is 6.04 Å². The average molecular weight is 201 g/mol. The standard InChI is InChI=1S/C13H15NO/c1-8-5-6-11-10(7-8)9-3-2-4-12(15)13(9)14-11/h5-7,9,13-14H,2-4H2,1H3/t9-,13+/m1/s1. The molecule has 2 heteroatoms. The predicted molar refractivity (Wildman–Crippen MR) is 60.2 cm³/mol. The van der Waals surface area contributed by atoms with Gasteiger partial charge in [-0.2, -0.15) is 0 Å². The Hall–Kier alpha value is -1.31. The highest BCUT2D eigenvalue weighted by atomic mass is 16.1. The van der Waals surface area contributed by atoms with Gasteiger partial charge in [-0.05, 0) is 31.4 Å². The number of hydrogen-bond donors (Lipinski definition) is 1. The Kier molecular flexibility index (Phi) is 1.84. The van der Waals surface area contributed by atoms with Gasteiger partial charge in [0.25, 0.3) is 0 Å². The number of rotatable bonds is 0. The molecule has 0 saturated heterocycles. The fourth-order valence-corrected chi connectivity index (χ4v) is 2.85. The first-order chi connectivity index (χ1) is 7.25. The Morgan fingerprint density at radius 1 is 1.40 bits per heavy atom. The molecule has 78 valence electrons. The number of nitrogens with one attached hydrogen (secondary N) is 1. The first-order valence-electron chi connectivity index (χ1n) is 5.65. The van der Waals surface area contributed by atoms with Crippen molar-refractivity contribution in [2.24, 2.45) is 0 Å². The zero-order valence-electron chi connectivity index (χ0n) is 8.92. The second kappa shape index (κ2) is 3.09. The Morgan fingerprint density at radius 2 is 2.27 bits per heavy atom. The zero-order valence-corrected chi connectivity index (χ0v) is 8.92. The third-order valence-electron chi connectivity index (χ3n) is 3.61. The van der Waals surface area contributed by atoms with Gasteiger partial charge in [0.15, 0.2) is 5.78 Å². The number of hydrogen-bond acceptors (Lipinski definition) is 2. The molecule has 2 atom stereocenters. The number of anilines is 1. The van der Waals surface area contributed by atoms with Crippen molar-refractivity contribution in [1.29, 1.82) is 0 Å². The maximum atomic E-state index is 11.8. The van der Waals surface area contributed by atoms with Crippen LogP contribution >= 0.6 is 0 Å². The highest BCUT2D eigenvalue weighted by Crippen LogP contribution is 2.42. The van der Waals surface area contributed by atoms with Crippen molar-refractivity contribution in [1.82, 2.24) is 0 Å². The van der Waals surface area contributed by atoms with E-state index >= 15 is 0 Å². The Morgan fingerprint density at radius 3 is 3.13 bits per heavy atom. The third-order valence-corrected chi connectivity index (χ3v) is 3.61. The topological polar surface area (TPSA) is 29.1 Å². The summed E-state index contributed by atoms with van der Waals surface area (Å²) in [7, 11) is 0. The Bertz CT molecular complexity index is 425. The van der Waals surface area contributed by atoms with E-state index in [0.717, 1.165) is 19.3 Å². The molecule has 0 bridgehead atoms. The first kappa shape index (κ1) is 8.96. The van der Waals surface area contributed by atoms with Crippen LogP contribution in [0.5, 0.6) is 0 Å². The molecular formula is C13H15NO. The molecule has 0 radical (unpaired) electrons. The van der Waals surface area contributed by atoms with Crippen LogP contribution in [-0.4, -0.2) is 11.8 Å². The van der Waals surface area contributed by atoms with Gasteiger partial charge in [0.1, 0.15) is 0 Å². The summed E-state index contributed by atoms with van der Waals surface area (Å²) in [5.41, 5.74) is 3.81. The van der Waals surface area contributed by atoms with Gasteiger partial charge >= 0.3 is 0 Å². The molecule has 0 spiro atoms. The van der Waals surface area contributed by atoms with Crippen LogP contribution in [0.25, 0.3) is 0 Å². The summed E-state index contributed by atoms with van der Waals surface area (Å²) >= 11 is 0. The summed E-state index contributed by atoms with van der Waals surface area (Å²) in [4.78, 5) is 11.8. The van der Waals surface area contributed by atoms with Crippen molar-refractivity contribution in [3.63, 3.8) is 0 Å². The van der Waals surface area contributed by atoms with Crippen LogP contribution in [-0.2, 0) is 4.79 Å². The maximum Gasteiger partial charge on any atom is 0.155 e. The van der Waals surface area contributed by atoms with Gasteiger partial charge in [-0.25, -0.2) is 0 Å². The Labute approximate surface area is 89.7 Å². The van der Waals surface area contributed by atoms with E-state index in [1.807, 2.05) is 0 Å². The second-order valence-electron chi connectivity index (χ2n) is 4.68. The third kappa shape index (κ3) is 1.28. The van der Waals surface area contributed by atoms with Crippen molar-refractivity contribution in [2.75, 3.05) is 5.32 Å². The van der Waals surface area contributed by atoms with Gasteiger partial charge in [0, 0.05) is 18.0 Å². The van der Waals surface area contributed by atoms with Gasteiger partial charge in [0.2, 0.25) is 0 Å². The maximum absolute atomic E-state index is 11.8. The summed E-state index contributed by atoms with van der Waals surface area (Å²) < 4.78 is 0. The molecule has 1 fully saturated rings. The molecule has 3 rings (SSSR count). The molecule has 1 heterocycles. The fourth-order valence-electron chi connectivity index (χ4n) is 2.85. The van der Waals surface area contributed by atoms with Gasteiger partial charge in [0.05, 0.1) is 6.04 Å². The molecular weight excluding hydrogens is 186 g/mol. The van der Waals surface area contributed by atoms with Crippen molar-refractivity contribution >= 4 is 11.5 Å². The minimum atomic E-state index is 0.0653. The van der Waals surface area contributed by atoms with Crippen molar-refractivity contribution in [2.45, 2.75) is 38.1 Å². The van der Waals surface area contributed by atoms with Crippen molar-refractivity contribution in [3.05, 3.63) is 29.3 Å². The zero-order chi connectivity index (χ0) is 10.4. The van der Waals surface area contributed by atoms with E-state index in [0.29, 0.717) is 11.7 Å². The van der Waals surface area contributed by atoms with E-state index < -0.39 is 0 Å². The van der Waals surface area contributed by atoms with Crippen LogP contribution in [0.1, 0.15) is 36.3 Å². The quantitative estimate of drug-likeness (QED) is 0.699. The van der Waals surface area contributed by atoms with E-state index in [9.17, 15) is 4.79 Å². The van der Waals surface area contributed by atoms with Crippen LogP contribution in [0, 0.1) is 6.92 Å². The predicted octanol–water partition coefficient (Wildman–Crippen LogP) is 2.63. The number of Topliss-reactive ketones (excluding diaryl/α,β-unsaturated/α-hetero) is 1. The number of benzene rings is 1. The second-order valence-corrected chi connectivity index (χ2v) is 4.68. The molecule has 2 aliphatic rings. The summed E-state index contributed by atoms with van der Waals surface area (Å²) in [5, 5.41) is 3.36. The number of fused-ring (bicyclic) bond motifs is 3. The molecule has 1 saturated carbocycles. The van der Waals surface area contributed by atoms with Gasteiger partial charge in [-0.15, -0.1) is 0 Å². The molecule has 1 aromatic rings. The molecule has 1 aliphatic carbocycles. The van der Waals surface area contributed by atoms with Gasteiger partial charge in [-0.1, -0.05) is 17.7 Å². The summed E-state index contributed by atoms with van der Waals surface area (Å²) in [5.74, 6) is 0.821. The summed E-state index contributed by atoms with van der Waals surface area (Å²) in [6.45, 7) is 2.11. The molecule has 1 aromatic carbocycles. The van der Waals surface area contributed by atoms with E-state index in [4.69, 9.17) is 0 Å². The molecule has 15 heavy (non-hydrogen) atoms. The summed E-state index contributed by atoms with van der Waals surface area (Å²) in [6.07, 6.45) is 2.95. The SMILES string of the molecule is Cc1ccc2c(c1)[C@H]1CCCC(=O)[C@H]1N2. The number of ketones is 1. The van der Waals surface area contributed by atoms with Gasteiger partial charge < -0.3 is 5.32 Å². The normalized spacial score (nSPS) is 28.2. The highest BCUT2D eigenvalue weighted by Gasteiger charge is 2.38. The molecule has 2 nitrogen and oxygen atoms in total. The average Bonchev–Trinajstić information content (AvgIpc) is 2.58. The minimum Gasteiger partial charge on any atom is -0.375 e. The van der Waals surface area contributed by atoms with Crippen LogP contribution in [0.3, 0.4) is 0 Å². The number of carbonyl (C=O) groups is 1. The summed E-state index contributed by atoms with van der Waals surface area (Å²) in [6, 6.07) is 6.51. The van der Waals surface area contributed by atoms with E-state index in [1.165, 1.54) is 16.8 Å². The molecule has 0 aromatic heterocycles. The largest absolute Gasteiger partial charge is 0.375 e.